The number of fused-ring (bicyclic) bond motifs is 2. The van der Waals surface area contributed by atoms with Gasteiger partial charge in [0.25, 0.3) is 5.91 Å². The minimum atomic E-state index is -2.45. The molecule has 12 N–H and O–H groups in total. The molecule has 0 radical (unpaired) electrons. The number of aromatic amines is 1. The van der Waals surface area contributed by atoms with Gasteiger partial charge in [-0.2, -0.15) is 0 Å². The number of benzene rings is 2. The lowest BCUT2D eigenvalue weighted by molar-refractivity contribution is -0.145. The number of likely N-dealkylation sites (N-methyl/N-ethyl adjacent to an activating group) is 1. The zero-order valence-corrected chi connectivity index (χ0v) is 33.7. The first-order chi connectivity index (χ1) is 28.9. The summed E-state index contributed by atoms with van der Waals surface area (Å²) >= 11 is 6.11. The largest absolute Gasteiger partial charge is 0.391 e. The van der Waals surface area contributed by atoms with Crippen LogP contribution in [-0.4, -0.2) is 152 Å². The number of carbonyl (C=O) groups excluding carboxylic acids is 7. The van der Waals surface area contributed by atoms with Gasteiger partial charge in [0, 0.05) is 42.1 Å². The smallest absolute Gasteiger partial charge is 0.251 e. The molecular formula is C40H49ClN8O12. The fourth-order valence-corrected chi connectivity index (χ4v) is 7.08. The molecule has 0 bridgehead atoms. The van der Waals surface area contributed by atoms with Crippen LogP contribution in [0.2, 0.25) is 5.02 Å². The maximum atomic E-state index is 13.5. The summed E-state index contributed by atoms with van der Waals surface area (Å²) in [6, 6.07) is 9.15. The van der Waals surface area contributed by atoms with Gasteiger partial charge in [0.1, 0.15) is 12.1 Å². The van der Waals surface area contributed by atoms with Crippen LogP contribution in [0.5, 0.6) is 0 Å². The average molecular weight is 869 g/mol. The summed E-state index contributed by atoms with van der Waals surface area (Å²) in [7, 11) is 1.22. The van der Waals surface area contributed by atoms with Crippen molar-refractivity contribution in [2.24, 2.45) is 0 Å². The number of H-pyrrole nitrogens is 1. The zero-order valence-electron chi connectivity index (χ0n) is 33.0. The average Bonchev–Trinajstić information content (AvgIpc) is 3.73. The van der Waals surface area contributed by atoms with E-state index in [0.29, 0.717) is 21.5 Å². The van der Waals surface area contributed by atoms with Crippen molar-refractivity contribution < 1.29 is 59.1 Å². The quantitative estimate of drug-likeness (QED) is 0.114. The highest BCUT2D eigenvalue weighted by molar-refractivity contribution is 6.31. The minimum absolute atomic E-state index is 0.0809. The number of rotatable bonds is 7. The standard InChI is InChI=1S/C40H49ClN8O12/c1-49-20-33(55)45-27(12-22-17-42-26-13-23(41)10-11-25(22)26)38(59)44-19-32(54)43-18-24(50)14-30(52)47-35(36(57)28(51)9-5-8-21-6-3-2-4-7-21)37(58)39(60)46-29-15-31(53)48-40(29,61)16-34(49)56/h2-8,10-11,13,17,24,27-29,35-37,42,50-51,57-58,61H,9,12,14-16,18-20H2,1H3,(H,43,54)(H,44,59)(H,45,55)(H,46,60)(H,47,52)(H,48,53)/b8-5+/t24-,27?,28+,29-,35-,36-,37+,40-/m1/s1. The van der Waals surface area contributed by atoms with Gasteiger partial charge in [0.05, 0.1) is 56.6 Å². The molecule has 61 heavy (non-hydrogen) atoms. The van der Waals surface area contributed by atoms with Crippen LogP contribution in [0.1, 0.15) is 36.8 Å². The Morgan fingerprint density at radius 1 is 0.885 bits per heavy atom. The summed E-state index contributed by atoms with van der Waals surface area (Å²) in [6.45, 7) is -1.78. The number of nitrogens with zero attached hydrogens (tertiary/aromatic N) is 1. The Morgan fingerprint density at radius 2 is 1.62 bits per heavy atom. The Balaban J connectivity index is 1.37. The number of nitrogens with one attached hydrogen (secondary N) is 7. The van der Waals surface area contributed by atoms with Crippen LogP contribution in [0.25, 0.3) is 17.0 Å². The van der Waals surface area contributed by atoms with E-state index >= 15 is 0 Å². The van der Waals surface area contributed by atoms with Crippen molar-refractivity contribution in [3.8, 4) is 0 Å². The van der Waals surface area contributed by atoms with Gasteiger partial charge in [0.15, 0.2) is 11.8 Å². The van der Waals surface area contributed by atoms with Crippen molar-refractivity contribution >= 4 is 69.9 Å². The number of hydrogen-bond acceptors (Lipinski definition) is 12. The molecule has 1 aromatic heterocycles. The van der Waals surface area contributed by atoms with Crippen molar-refractivity contribution in [2.45, 2.75) is 80.4 Å². The molecule has 5 rings (SSSR count). The summed E-state index contributed by atoms with van der Waals surface area (Å²) in [5, 5.41) is 70.6. The maximum absolute atomic E-state index is 13.5. The first-order valence-electron chi connectivity index (χ1n) is 19.3. The van der Waals surface area contributed by atoms with Gasteiger partial charge in [0.2, 0.25) is 35.4 Å². The highest BCUT2D eigenvalue weighted by Crippen LogP contribution is 2.25. The van der Waals surface area contributed by atoms with E-state index < -0.39 is 129 Å². The van der Waals surface area contributed by atoms with Gasteiger partial charge >= 0.3 is 0 Å². The number of aliphatic hydroxyl groups excluding tert-OH is 4. The number of halogens is 1. The number of aromatic nitrogens is 1. The number of aliphatic hydroxyl groups is 5. The van der Waals surface area contributed by atoms with E-state index in [9.17, 15) is 59.1 Å². The van der Waals surface area contributed by atoms with E-state index in [-0.39, 0.29) is 12.8 Å². The molecule has 0 saturated carbocycles. The van der Waals surface area contributed by atoms with Gasteiger partial charge in [-0.15, -0.1) is 0 Å². The normalized spacial score (nSPS) is 26.7. The predicted octanol–water partition coefficient (Wildman–Crippen LogP) is -2.94. The van der Waals surface area contributed by atoms with Crippen LogP contribution in [-0.2, 0) is 40.0 Å². The lowest BCUT2D eigenvalue weighted by Crippen LogP contribution is -2.63. The van der Waals surface area contributed by atoms with Crippen LogP contribution in [0.15, 0.2) is 60.8 Å². The van der Waals surface area contributed by atoms with Crippen molar-refractivity contribution in [3.63, 3.8) is 0 Å². The second-order valence-corrected chi connectivity index (χ2v) is 15.5. The molecule has 7 amide bonds. The predicted molar refractivity (Wildman–Crippen MR) is 218 cm³/mol. The number of amides is 7. The van der Waals surface area contributed by atoms with Crippen LogP contribution in [0.4, 0.5) is 0 Å². The Labute approximate surface area is 354 Å². The summed E-state index contributed by atoms with van der Waals surface area (Å²) in [5.74, 6) is -6.44. The van der Waals surface area contributed by atoms with Crippen LogP contribution in [0, 0.1) is 0 Å². The van der Waals surface area contributed by atoms with E-state index in [4.69, 9.17) is 11.6 Å². The summed E-state index contributed by atoms with van der Waals surface area (Å²) in [5.41, 5.74) is -0.437. The van der Waals surface area contributed by atoms with Crippen molar-refractivity contribution in [2.75, 3.05) is 26.7 Å². The molecule has 3 aromatic rings. The Kier molecular flexibility index (Phi) is 15.6. The Bertz CT molecular complexity index is 2140. The summed E-state index contributed by atoms with van der Waals surface area (Å²) in [6.07, 6.45) is -5.31. The maximum Gasteiger partial charge on any atom is 0.251 e. The van der Waals surface area contributed by atoms with Crippen molar-refractivity contribution in [1.29, 1.82) is 0 Å². The number of carbonyl (C=O) groups is 7. The summed E-state index contributed by atoms with van der Waals surface area (Å²) in [4.78, 5) is 96.1. The number of hydrogen-bond donors (Lipinski definition) is 12. The molecule has 20 nitrogen and oxygen atoms in total. The highest BCUT2D eigenvalue weighted by atomic mass is 35.5. The molecule has 3 heterocycles. The first kappa shape index (κ1) is 46.2. The molecule has 2 saturated heterocycles. The molecule has 328 valence electrons. The summed E-state index contributed by atoms with van der Waals surface area (Å²) < 4.78 is 0. The van der Waals surface area contributed by atoms with Crippen LogP contribution >= 0.6 is 11.6 Å². The highest BCUT2D eigenvalue weighted by Gasteiger charge is 2.49. The molecule has 1 unspecified atom stereocenters. The topological polar surface area (TPSA) is 312 Å². The van der Waals surface area contributed by atoms with Gasteiger partial charge in [-0.1, -0.05) is 60.2 Å². The Morgan fingerprint density at radius 3 is 2.36 bits per heavy atom. The third-order valence-electron chi connectivity index (χ3n) is 10.2. The molecule has 0 spiro atoms. The van der Waals surface area contributed by atoms with E-state index in [2.05, 4.69) is 36.9 Å². The van der Waals surface area contributed by atoms with Crippen molar-refractivity contribution in [3.05, 3.63) is 77.0 Å². The van der Waals surface area contributed by atoms with Gasteiger partial charge in [-0.3, -0.25) is 33.6 Å². The number of β-amino-alcohol motifs (C(OH)–C–C–N with tert-alkyl or cyclic N) is 1. The first-order valence-corrected chi connectivity index (χ1v) is 19.7. The molecule has 2 aromatic carbocycles. The lowest BCUT2D eigenvalue weighted by atomic mass is 9.95. The van der Waals surface area contributed by atoms with E-state index in [1.807, 2.05) is 0 Å². The second-order valence-electron chi connectivity index (χ2n) is 15.0. The SMILES string of the molecule is CN1CC(=O)NC(Cc2c[nH]c3cc(Cl)ccc23)C(=O)NCC(=O)NC[C@H](O)CC(=O)N[C@H]([C@H](O)[C@@H](O)C/C=C/c2ccccc2)[C@H](O)C(=O)N[C@@H]2CC(=O)N[C@@]2(O)CC1=O. The zero-order chi connectivity index (χ0) is 44.4. The third kappa shape index (κ3) is 12.6. The van der Waals surface area contributed by atoms with E-state index in [1.165, 1.54) is 13.1 Å². The fraction of sp³-hybridized carbons (Fsp3) is 0.425. The molecule has 8 atom stereocenters. The fourth-order valence-electron chi connectivity index (χ4n) is 6.91. The third-order valence-corrected chi connectivity index (χ3v) is 10.5. The van der Waals surface area contributed by atoms with Crippen molar-refractivity contribution in [1.82, 2.24) is 41.8 Å². The van der Waals surface area contributed by atoms with E-state index in [1.54, 1.807) is 60.8 Å². The van der Waals surface area contributed by atoms with Gasteiger partial charge in [-0.25, -0.2) is 0 Å². The molecule has 21 heteroatoms. The van der Waals surface area contributed by atoms with Gasteiger partial charge in [-0.05, 0) is 29.7 Å². The molecule has 2 aliphatic rings. The Hall–Kier alpha value is -5.90. The van der Waals surface area contributed by atoms with Gasteiger partial charge < -0.3 is 67.3 Å². The minimum Gasteiger partial charge on any atom is -0.391 e. The second kappa shape index (κ2) is 20.6. The molecule has 2 aliphatic heterocycles. The van der Waals surface area contributed by atoms with Crippen LogP contribution in [0.3, 0.4) is 0 Å². The monoisotopic (exact) mass is 868 g/mol. The molecule has 0 aliphatic carbocycles. The van der Waals surface area contributed by atoms with E-state index in [0.717, 1.165) is 10.5 Å². The molecule has 2 fully saturated rings. The van der Waals surface area contributed by atoms with Crippen LogP contribution < -0.4 is 31.9 Å². The molecular weight excluding hydrogens is 820 g/mol. The lowest BCUT2D eigenvalue weighted by Gasteiger charge is -2.34.